The van der Waals surface area contributed by atoms with Crippen LogP contribution in [0.3, 0.4) is 0 Å². The van der Waals surface area contributed by atoms with Crippen molar-refractivity contribution in [1.29, 1.82) is 0 Å². The molecule has 1 aromatic carbocycles. The summed E-state index contributed by atoms with van der Waals surface area (Å²) >= 11 is 0. The van der Waals surface area contributed by atoms with Crippen LogP contribution in [0.4, 0.5) is 11.5 Å². The first-order valence-corrected chi connectivity index (χ1v) is 8.40. The fourth-order valence-electron chi connectivity index (χ4n) is 3.31. The first kappa shape index (κ1) is 16.2. The number of benzene rings is 1. The SMILES string of the molecule is Cc1cc(C)n(-c2ccc(N3CCc4ccc([N+](=O)[O-])cc4C3)nn2)n1. The molecule has 1 aliphatic heterocycles. The van der Waals surface area contributed by atoms with Gasteiger partial charge in [-0.05, 0) is 49.6 Å². The van der Waals surface area contributed by atoms with Gasteiger partial charge in [-0.3, -0.25) is 10.1 Å². The molecule has 3 aromatic rings. The van der Waals surface area contributed by atoms with Gasteiger partial charge >= 0.3 is 0 Å². The van der Waals surface area contributed by atoms with Crippen molar-refractivity contribution < 1.29 is 4.92 Å². The highest BCUT2D eigenvalue weighted by Gasteiger charge is 2.20. The molecule has 0 unspecified atom stereocenters. The quantitative estimate of drug-likeness (QED) is 0.533. The molecule has 3 heterocycles. The predicted molar refractivity (Wildman–Crippen MR) is 96.5 cm³/mol. The first-order chi connectivity index (χ1) is 12.5. The second-order valence-electron chi connectivity index (χ2n) is 6.47. The summed E-state index contributed by atoms with van der Waals surface area (Å²) in [6.07, 6.45) is 0.828. The molecule has 8 heteroatoms. The number of nitrogens with zero attached hydrogens (tertiary/aromatic N) is 6. The zero-order valence-electron chi connectivity index (χ0n) is 14.6. The molecule has 4 rings (SSSR count). The van der Waals surface area contributed by atoms with E-state index < -0.39 is 0 Å². The smallest absolute Gasteiger partial charge is 0.269 e. The number of rotatable bonds is 3. The summed E-state index contributed by atoms with van der Waals surface area (Å²) < 4.78 is 1.76. The van der Waals surface area contributed by atoms with E-state index in [1.165, 1.54) is 0 Å². The molecule has 0 saturated heterocycles. The van der Waals surface area contributed by atoms with E-state index in [9.17, 15) is 10.1 Å². The zero-order valence-corrected chi connectivity index (χ0v) is 14.6. The number of hydrogen-bond donors (Lipinski definition) is 0. The van der Waals surface area contributed by atoms with E-state index in [1.807, 2.05) is 38.1 Å². The molecule has 0 N–H and O–H groups in total. The van der Waals surface area contributed by atoms with Gasteiger partial charge in [0.1, 0.15) is 0 Å². The van der Waals surface area contributed by atoms with E-state index in [0.717, 1.165) is 41.3 Å². The minimum Gasteiger partial charge on any atom is -0.350 e. The molecule has 0 amide bonds. The van der Waals surface area contributed by atoms with Gasteiger partial charge in [0.05, 0.1) is 10.6 Å². The van der Waals surface area contributed by atoms with Crippen molar-refractivity contribution in [2.75, 3.05) is 11.4 Å². The minimum absolute atomic E-state index is 0.122. The van der Waals surface area contributed by atoms with Gasteiger partial charge in [-0.2, -0.15) is 5.10 Å². The van der Waals surface area contributed by atoms with Gasteiger partial charge < -0.3 is 4.90 Å². The lowest BCUT2D eigenvalue weighted by Gasteiger charge is -2.29. The first-order valence-electron chi connectivity index (χ1n) is 8.40. The number of nitro benzene ring substituents is 1. The fraction of sp³-hybridized carbons (Fsp3) is 0.278. The Balaban J connectivity index is 1.58. The molecule has 132 valence electrons. The summed E-state index contributed by atoms with van der Waals surface area (Å²) in [6.45, 7) is 5.31. The Labute approximate surface area is 150 Å². The van der Waals surface area contributed by atoms with Crippen LogP contribution in [-0.2, 0) is 13.0 Å². The molecule has 0 radical (unpaired) electrons. The van der Waals surface area contributed by atoms with Crippen molar-refractivity contribution in [3.05, 3.63) is 69.0 Å². The Morgan fingerprint density at radius 3 is 2.46 bits per heavy atom. The molecule has 0 saturated carbocycles. The molecule has 1 aliphatic rings. The maximum atomic E-state index is 11.0. The number of aromatic nitrogens is 4. The van der Waals surface area contributed by atoms with Crippen molar-refractivity contribution >= 4 is 11.5 Å². The normalized spacial score (nSPS) is 13.5. The molecule has 0 atom stereocenters. The molecule has 0 spiro atoms. The number of hydrogen-bond acceptors (Lipinski definition) is 6. The highest BCUT2D eigenvalue weighted by molar-refractivity contribution is 5.48. The van der Waals surface area contributed by atoms with Crippen molar-refractivity contribution in [3.63, 3.8) is 0 Å². The molecular formula is C18H18N6O2. The Hall–Kier alpha value is -3.29. The highest BCUT2D eigenvalue weighted by Crippen LogP contribution is 2.26. The standard InChI is InChI=1S/C18H18N6O2/c1-12-9-13(2)23(21-12)18-6-5-17(19-20-18)22-8-7-14-3-4-16(24(25)26)10-15(14)11-22/h3-6,9-10H,7-8,11H2,1-2H3. The Morgan fingerprint density at radius 1 is 1.04 bits per heavy atom. The van der Waals surface area contributed by atoms with Gasteiger partial charge in [-0.1, -0.05) is 6.07 Å². The Kier molecular flexibility index (Phi) is 3.87. The van der Waals surface area contributed by atoms with Crippen LogP contribution in [0.25, 0.3) is 5.82 Å². The number of aryl methyl sites for hydroxylation is 2. The maximum Gasteiger partial charge on any atom is 0.269 e. The van der Waals surface area contributed by atoms with Gasteiger partial charge in [-0.25, -0.2) is 4.68 Å². The Morgan fingerprint density at radius 2 is 1.81 bits per heavy atom. The molecule has 2 aromatic heterocycles. The van der Waals surface area contributed by atoms with Gasteiger partial charge in [-0.15, -0.1) is 10.2 Å². The highest BCUT2D eigenvalue weighted by atomic mass is 16.6. The maximum absolute atomic E-state index is 11.0. The minimum atomic E-state index is -0.359. The molecule has 0 aliphatic carbocycles. The van der Waals surface area contributed by atoms with E-state index in [0.29, 0.717) is 12.4 Å². The van der Waals surface area contributed by atoms with Crippen LogP contribution in [0.1, 0.15) is 22.5 Å². The monoisotopic (exact) mass is 350 g/mol. The zero-order chi connectivity index (χ0) is 18.3. The fourth-order valence-corrected chi connectivity index (χ4v) is 3.31. The lowest BCUT2D eigenvalue weighted by Crippen LogP contribution is -2.31. The van der Waals surface area contributed by atoms with Gasteiger partial charge in [0.15, 0.2) is 11.6 Å². The molecule has 0 bridgehead atoms. The molecular weight excluding hydrogens is 332 g/mol. The van der Waals surface area contributed by atoms with Gasteiger partial charge in [0.2, 0.25) is 0 Å². The van der Waals surface area contributed by atoms with Crippen molar-refractivity contribution in [1.82, 2.24) is 20.0 Å². The summed E-state index contributed by atoms with van der Waals surface area (Å²) in [5.74, 6) is 1.43. The van der Waals surface area contributed by atoms with Crippen LogP contribution < -0.4 is 4.90 Å². The summed E-state index contributed by atoms with van der Waals surface area (Å²) in [7, 11) is 0. The summed E-state index contributed by atoms with van der Waals surface area (Å²) in [6, 6.07) is 10.9. The third-order valence-corrected chi connectivity index (χ3v) is 4.60. The van der Waals surface area contributed by atoms with Crippen LogP contribution in [0.2, 0.25) is 0 Å². The second kappa shape index (κ2) is 6.21. The van der Waals surface area contributed by atoms with Crippen LogP contribution in [-0.4, -0.2) is 31.4 Å². The summed E-state index contributed by atoms with van der Waals surface area (Å²) in [4.78, 5) is 12.7. The van der Waals surface area contributed by atoms with Crippen LogP contribution in [0, 0.1) is 24.0 Å². The van der Waals surface area contributed by atoms with Crippen molar-refractivity contribution in [2.24, 2.45) is 0 Å². The number of nitro groups is 1. The largest absolute Gasteiger partial charge is 0.350 e. The number of fused-ring (bicyclic) bond motifs is 1. The molecule has 8 nitrogen and oxygen atoms in total. The Bertz CT molecular complexity index is 980. The lowest BCUT2D eigenvalue weighted by atomic mass is 9.99. The third kappa shape index (κ3) is 2.90. The summed E-state index contributed by atoms with van der Waals surface area (Å²) in [5, 5.41) is 24.1. The number of anilines is 1. The van der Waals surface area contributed by atoms with Crippen molar-refractivity contribution in [2.45, 2.75) is 26.8 Å². The van der Waals surface area contributed by atoms with Crippen LogP contribution in [0.5, 0.6) is 0 Å². The summed E-state index contributed by atoms with van der Waals surface area (Å²) in [5.41, 5.74) is 4.18. The van der Waals surface area contributed by atoms with E-state index in [-0.39, 0.29) is 10.6 Å². The average Bonchev–Trinajstić information content (AvgIpc) is 2.99. The molecule has 0 fully saturated rings. The van der Waals surface area contributed by atoms with Crippen LogP contribution >= 0.6 is 0 Å². The molecule has 26 heavy (non-hydrogen) atoms. The topological polar surface area (TPSA) is 90.0 Å². The third-order valence-electron chi connectivity index (χ3n) is 4.60. The average molecular weight is 350 g/mol. The van der Waals surface area contributed by atoms with E-state index in [4.69, 9.17) is 0 Å². The second-order valence-corrected chi connectivity index (χ2v) is 6.47. The van der Waals surface area contributed by atoms with Crippen molar-refractivity contribution in [3.8, 4) is 5.82 Å². The van der Waals surface area contributed by atoms with Gasteiger partial charge in [0, 0.05) is 30.9 Å². The van der Waals surface area contributed by atoms with E-state index in [2.05, 4.69) is 20.2 Å². The lowest BCUT2D eigenvalue weighted by molar-refractivity contribution is -0.384. The van der Waals surface area contributed by atoms with Gasteiger partial charge in [0.25, 0.3) is 5.69 Å². The predicted octanol–water partition coefficient (Wildman–Crippen LogP) is 2.75. The number of non-ortho nitro benzene ring substituents is 1. The van der Waals surface area contributed by atoms with E-state index in [1.54, 1.807) is 16.8 Å². The van der Waals surface area contributed by atoms with Crippen LogP contribution in [0.15, 0.2) is 36.4 Å². The van der Waals surface area contributed by atoms with E-state index >= 15 is 0 Å².